The zero-order valence-corrected chi connectivity index (χ0v) is 18.0. The first-order valence-electron chi connectivity index (χ1n) is 9.80. The van der Waals surface area contributed by atoms with Crippen LogP contribution in [0.15, 0.2) is 23.7 Å². The van der Waals surface area contributed by atoms with Gasteiger partial charge in [0.1, 0.15) is 0 Å². The van der Waals surface area contributed by atoms with Crippen molar-refractivity contribution in [3.63, 3.8) is 0 Å². The highest BCUT2D eigenvalue weighted by atomic mass is 127. The largest absolute Gasteiger partial charge is 0.357 e. The Morgan fingerprint density at radius 2 is 1.92 bits per heavy atom. The summed E-state index contributed by atoms with van der Waals surface area (Å²) in [5.41, 5.74) is 0.551. The van der Waals surface area contributed by atoms with Gasteiger partial charge in [-0.15, -0.1) is 24.0 Å². The van der Waals surface area contributed by atoms with Crippen LogP contribution in [-0.2, 0) is 6.54 Å². The first-order valence-corrected chi connectivity index (χ1v) is 9.80. The van der Waals surface area contributed by atoms with Crippen LogP contribution in [0, 0.1) is 5.41 Å². The lowest BCUT2D eigenvalue weighted by molar-refractivity contribution is 0.115. The lowest BCUT2D eigenvalue weighted by Gasteiger charge is -2.44. The number of imidazole rings is 1. The van der Waals surface area contributed by atoms with Crippen molar-refractivity contribution in [1.82, 2.24) is 19.8 Å². The molecule has 1 saturated carbocycles. The molecule has 3 rings (SSSR count). The van der Waals surface area contributed by atoms with Gasteiger partial charge in [0.25, 0.3) is 0 Å². The van der Waals surface area contributed by atoms with Crippen LogP contribution >= 0.6 is 24.0 Å². The van der Waals surface area contributed by atoms with Crippen LogP contribution < -0.4 is 5.32 Å². The van der Waals surface area contributed by atoms with Crippen LogP contribution in [0.25, 0.3) is 0 Å². The topological polar surface area (TPSA) is 45.5 Å². The number of likely N-dealkylation sites (tertiary alicyclic amines) is 1. The normalized spacial score (nSPS) is 20.8. The fourth-order valence-corrected chi connectivity index (χ4v) is 4.39. The molecule has 1 aliphatic carbocycles. The monoisotopic (exact) mass is 459 g/mol. The van der Waals surface area contributed by atoms with Gasteiger partial charge in [-0.1, -0.05) is 25.7 Å². The third-order valence-corrected chi connectivity index (χ3v) is 5.64. The molecule has 1 aromatic rings. The number of nitrogens with one attached hydrogen (secondary N) is 1. The molecule has 0 aromatic carbocycles. The highest BCUT2D eigenvalue weighted by Gasteiger charge is 2.36. The van der Waals surface area contributed by atoms with Gasteiger partial charge >= 0.3 is 0 Å². The number of halogens is 1. The lowest BCUT2D eigenvalue weighted by atomic mass is 9.74. The van der Waals surface area contributed by atoms with Gasteiger partial charge in [0.15, 0.2) is 5.96 Å². The average molecular weight is 459 g/mol. The van der Waals surface area contributed by atoms with Crippen molar-refractivity contribution in [2.24, 2.45) is 10.4 Å². The summed E-state index contributed by atoms with van der Waals surface area (Å²) < 4.78 is 2.09. The molecule has 2 fully saturated rings. The zero-order chi connectivity index (χ0) is 16.7. The molecule has 1 saturated heterocycles. The Labute approximate surface area is 169 Å². The molecule has 0 radical (unpaired) electrons. The predicted octanol–water partition coefficient (Wildman–Crippen LogP) is 3.90. The number of aromatic nitrogens is 2. The molecule has 1 aliphatic heterocycles. The smallest absolute Gasteiger partial charge is 0.193 e. The Bertz CT molecular complexity index is 506. The van der Waals surface area contributed by atoms with E-state index >= 15 is 0 Å². The van der Waals surface area contributed by atoms with Crippen LogP contribution in [0.5, 0.6) is 0 Å². The van der Waals surface area contributed by atoms with E-state index in [1.54, 1.807) is 0 Å². The second kappa shape index (κ2) is 10.4. The number of piperidine rings is 1. The Morgan fingerprint density at radius 1 is 1.16 bits per heavy atom. The Kier molecular flexibility index (Phi) is 8.52. The summed E-state index contributed by atoms with van der Waals surface area (Å²) in [7, 11) is 0. The Hall–Kier alpha value is -0.790. The molecule has 2 heterocycles. The van der Waals surface area contributed by atoms with Gasteiger partial charge < -0.3 is 14.8 Å². The third-order valence-electron chi connectivity index (χ3n) is 5.64. The molecule has 0 bridgehead atoms. The second-order valence-corrected chi connectivity index (χ2v) is 7.48. The Balaban J connectivity index is 0.00000225. The first-order chi connectivity index (χ1) is 11.8. The number of hydrogen-bond acceptors (Lipinski definition) is 2. The van der Waals surface area contributed by atoms with Crippen molar-refractivity contribution < 1.29 is 0 Å². The maximum absolute atomic E-state index is 4.90. The molecule has 142 valence electrons. The summed E-state index contributed by atoms with van der Waals surface area (Å²) in [4.78, 5) is 11.5. The summed E-state index contributed by atoms with van der Waals surface area (Å²) >= 11 is 0. The highest BCUT2D eigenvalue weighted by Crippen LogP contribution is 2.42. The maximum atomic E-state index is 4.90. The van der Waals surface area contributed by atoms with E-state index in [2.05, 4.69) is 26.7 Å². The minimum atomic E-state index is 0. The summed E-state index contributed by atoms with van der Waals surface area (Å²) in [6.45, 7) is 7.16. The first kappa shape index (κ1) is 20.5. The number of nitrogens with zero attached hydrogens (tertiary/aromatic N) is 4. The van der Waals surface area contributed by atoms with Crippen LogP contribution in [-0.4, -0.2) is 46.6 Å². The summed E-state index contributed by atoms with van der Waals surface area (Å²) in [6, 6.07) is 0. The van der Waals surface area contributed by atoms with Gasteiger partial charge in [-0.05, 0) is 38.0 Å². The summed E-state index contributed by atoms with van der Waals surface area (Å²) in [6.07, 6.45) is 17.0. The van der Waals surface area contributed by atoms with E-state index in [1.807, 2.05) is 18.7 Å². The SMILES string of the molecule is CCNC(=NCCn1ccnc1)N1CCCC2(CCCCCC2)C1.I. The van der Waals surface area contributed by atoms with Gasteiger partial charge in [-0.25, -0.2) is 4.98 Å². The molecule has 5 nitrogen and oxygen atoms in total. The molecule has 1 N–H and O–H groups in total. The molecule has 25 heavy (non-hydrogen) atoms. The molecule has 0 unspecified atom stereocenters. The van der Waals surface area contributed by atoms with E-state index in [4.69, 9.17) is 4.99 Å². The number of rotatable bonds is 4. The van der Waals surface area contributed by atoms with Gasteiger partial charge in [0.2, 0.25) is 0 Å². The van der Waals surface area contributed by atoms with E-state index in [0.717, 1.165) is 32.1 Å². The van der Waals surface area contributed by atoms with E-state index in [0.29, 0.717) is 5.41 Å². The van der Waals surface area contributed by atoms with Crippen molar-refractivity contribution in [3.8, 4) is 0 Å². The minimum absolute atomic E-state index is 0. The summed E-state index contributed by atoms with van der Waals surface area (Å²) in [5, 5.41) is 3.52. The van der Waals surface area contributed by atoms with Crippen LogP contribution in [0.2, 0.25) is 0 Å². The van der Waals surface area contributed by atoms with E-state index in [1.165, 1.54) is 57.9 Å². The van der Waals surface area contributed by atoms with Crippen LogP contribution in [0.3, 0.4) is 0 Å². The molecule has 6 heteroatoms. The van der Waals surface area contributed by atoms with Crippen LogP contribution in [0.1, 0.15) is 58.3 Å². The number of guanidine groups is 1. The van der Waals surface area contributed by atoms with Gasteiger partial charge in [-0.3, -0.25) is 4.99 Å². The Morgan fingerprint density at radius 3 is 2.60 bits per heavy atom. The number of hydrogen-bond donors (Lipinski definition) is 1. The highest BCUT2D eigenvalue weighted by molar-refractivity contribution is 14.0. The van der Waals surface area contributed by atoms with Crippen molar-refractivity contribution in [1.29, 1.82) is 0 Å². The molecular formula is C19H34IN5. The van der Waals surface area contributed by atoms with Crippen LogP contribution in [0.4, 0.5) is 0 Å². The maximum Gasteiger partial charge on any atom is 0.193 e. The molecule has 1 aromatic heterocycles. The predicted molar refractivity (Wildman–Crippen MR) is 115 cm³/mol. The quantitative estimate of drug-likeness (QED) is 0.422. The van der Waals surface area contributed by atoms with E-state index in [9.17, 15) is 0 Å². The second-order valence-electron chi connectivity index (χ2n) is 7.48. The lowest BCUT2D eigenvalue weighted by Crippen LogP contribution is -2.50. The minimum Gasteiger partial charge on any atom is -0.357 e. The van der Waals surface area contributed by atoms with Gasteiger partial charge in [-0.2, -0.15) is 0 Å². The van der Waals surface area contributed by atoms with E-state index < -0.39 is 0 Å². The fourth-order valence-electron chi connectivity index (χ4n) is 4.39. The molecule has 0 amide bonds. The molecule has 0 atom stereocenters. The summed E-state index contributed by atoms with van der Waals surface area (Å²) in [5.74, 6) is 1.11. The molecule has 2 aliphatic rings. The number of aliphatic imine (C=N–C) groups is 1. The van der Waals surface area contributed by atoms with E-state index in [-0.39, 0.29) is 24.0 Å². The molecular weight excluding hydrogens is 425 g/mol. The van der Waals surface area contributed by atoms with Crippen molar-refractivity contribution in [2.45, 2.75) is 64.8 Å². The molecule has 1 spiro atoms. The average Bonchev–Trinajstić information content (AvgIpc) is 3.02. The fraction of sp³-hybridized carbons (Fsp3) is 0.789. The zero-order valence-electron chi connectivity index (χ0n) is 15.6. The van der Waals surface area contributed by atoms with Gasteiger partial charge in [0, 0.05) is 38.6 Å². The van der Waals surface area contributed by atoms with Crippen molar-refractivity contribution in [3.05, 3.63) is 18.7 Å². The van der Waals surface area contributed by atoms with Crippen molar-refractivity contribution >= 4 is 29.9 Å². The van der Waals surface area contributed by atoms with Gasteiger partial charge in [0.05, 0.1) is 12.9 Å². The third kappa shape index (κ3) is 5.86. The standard InChI is InChI=1S/C19H33N5.HI/c1-2-21-18(22-12-15-23-14-11-20-17-23)24-13-7-10-19(16-24)8-5-3-4-6-9-19;/h11,14,17H,2-10,12-13,15-16H2,1H3,(H,21,22);1H. The van der Waals surface area contributed by atoms with Crippen molar-refractivity contribution in [2.75, 3.05) is 26.2 Å².